The highest BCUT2D eigenvalue weighted by molar-refractivity contribution is 7.20. The molecule has 3 heterocycles. The summed E-state index contributed by atoms with van der Waals surface area (Å²) in [5.74, 6) is 1.11. The van der Waals surface area contributed by atoms with Gasteiger partial charge >= 0.3 is 0 Å². The Morgan fingerprint density at radius 2 is 2.00 bits per heavy atom. The molecule has 5 nitrogen and oxygen atoms in total. The van der Waals surface area contributed by atoms with Gasteiger partial charge in [-0.2, -0.15) is 0 Å². The lowest BCUT2D eigenvalue weighted by atomic mass is 10.2. The summed E-state index contributed by atoms with van der Waals surface area (Å²) in [5, 5.41) is 7.45. The largest absolute Gasteiger partial charge is 0.486 e. The second kappa shape index (κ2) is 6.02. The van der Waals surface area contributed by atoms with Crippen LogP contribution < -0.4 is 14.8 Å². The zero-order chi connectivity index (χ0) is 15.6. The molecular formula is C16H12N2O3S2. The van der Waals surface area contributed by atoms with Crippen LogP contribution in [-0.2, 0) is 0 Å². The molecule has 3 aromatic rings. The Balaban J connectivity index is 1.52. The summed E-state index contributed by atoms with van der Waals surface area (Å²) in [6, 6.07) is 9.31. The molecule has 7 heteroatoms. The summed E-state index contributed by atoms with van der Waals surface area (Å²) in [7, 11) is 0. The predicted molar refractivity (Wildman–Crippen MR) is 90.8 cm³/mol. The number of carbonyl (C=O) groups excluding carboxylic acids is 1. The molecule has 4 rings (SSSR count). The fourth-order valence-electron chi connectivity index (χ4n) is 2.21. The van der Waals surface area contributed by atoms with E-state index < -0.39 is 0 Å². The fraction of sp³-hybridized carbons (Fsp3) is 0.125. The number of hydrogen-bond acceptors (Lipinski definition) is 6. The van der Waals surface area contributed by atoms with Gasteiger partial charge in [0.2, 0.25) is 0 Å². The normalized spacial score (nSPS) is 12.9. The first-order valence-electron chi connectivity index (χ1n) is 7.00. The molecule has 0 aliphatic carbocycles. The van der Waals surface area contributed by atoms with Gasteiger partial charge in [-0.05, 0) is 23.6 Å². The summed E-state index contributed by atoms with van der Waals surface area (Å²) in [6.07, 6.45) is 0. The average Bonchev–Trinajstić information content (AvgIpc) is 3.26. The first-order chi connectivity index (χ1) is 11.3. The van der Waals surface area contributed by atoms with E-state index in [2.05, 4.69) is 10.3 Å². The molecule has 1 N–H and O–H groups in total. The number of carbonyl (C=O) groups is 1. The average molecular weight is 344 g/mol. The van der Waals surface area contributed by atoms with Gasteiger partial charge in [0.1, 0.15) is 23.9 Å². The van der Waals surface area contributed by atoms with Crippen LogP contribution in [0.2, 0.25) is 0 Å². The van der Waals surface area contributed by atoms with E-state index in [-0.39, 0.29) is 5.91 Å². The van der Waals surface area contributed by atoms with Gasteiger partial charge in [0.05, 0.1) is 4.88 Å². The van der Waals surface area contributed by atoms with Gasteiger partial charge in [0, 0.05) is 17.1 Å². The number of ether oxygens (including phenoxy) is 2. The van der Waals surface area contributed by atoms with Crippen LogP contribution in [0.5, 0.6) is 11.5 Å². The van der Waals surface area contributed by atoms with E-state index in [0.717, 1.165) is 9.88 Å². The smallest absolute Gasteiger partial charge is 0.275 e. The van der Waals surface area contributed by atoms with Crippen LogP contribution in [0, 0.1) is 0 Å². The predicted octanol–water partition coefficient (Wildman–Crippen LogP) is 3.90. The van der Waals surface area contributed by atoms with E-state index in [0.29, 0.717) is 36.1 Å². The minimum Gasteiger partial charge on any atom is -0.486 e. The van der Waals surface area contributed by atoms with Crippen molar-refractivity contribution in [3.63, 3.8) is 0 Å². The highest BCUT2D eigenvalue weighted by Gasteiger charge is 2.15. The second-order valence-corrected chi connectivity index (χ2v) is 6.63. The van der Waals surface area contributed by atoms with Crippen molar-refractivity contribution in [3.8, 4) is 21.4 Å². The molecule has 0 fully saturated rings. The van der Waals surface area contributed by atoms with Gasteiger partial charge in [0.25, 0.3) is 5.91 Å². The zero-order valence-electron chi connectivity index (χ0n) is 11.9. The van der Waals surface area contributed by atoms with Crippen molar-refractivity contribution in [2.24, 2.45) is 0 Å². The third-order valence-electron chi connectivity index (χ3n) is 3.27. The summed E-state index contributed by atoms with van der Waals surface area (Å²) >= 11 is 3.07. The third kappa shape index (κ3) is 2.93. The molecular weight excluding hydrogens is 332 g/mol. The number of fused-ring (bicyclic) bond motifs is 1. The van der Waals surface area contributed by atoms with Crippen LogP contribution in [0.1, 0.15) is 10.5 Å². The number of aromatic nitrogens is 1. The molecule has 0 atom stereocenters. The van der Waals surface area contributed by atoms with Gasteiger partial charge in [-0.3, -0.25) is 4.79 Å². The van der Waals surface area contributed by atoms with Crippen LogP contribution in [0.3, 0.4) is 0 Å². The minimum absolute atomic E-state index is 0.235. The number of thiazole rings is 1. The molecule has 1 aliphatic heterocycles. The monoisotopic (exact) mass is 344 g/mol. The highest BCUT2D eigenvalue weighted by Crippen LogP contribution is 2.33. The van der Waals surface area contributed by atoms with Gasteiger partial charge < -0.3 is 14.8 Å². The Bertz CT molecular complexity index is 843. The van der Waals surface area contributed by atoms with E-state index in [1.54, 1.807) is 34.9 Å². The van der Waals surface area contributed by atoms with E-state index in [4.69, 9.17) is 9.47 Å². The van der Waals surface area contributed by atoms with E-state index in [1.165, 1.54) is 11.3 Å². The van der Waals surface area contributed by atoms with Crippen molar-refractivity contribution in [2.45, 2.75) is 0 Å². The highest BCUT2D eigenvalue weighted by atomic mass is 32.1. The topological polar surface area (TPSA) is 60.5 Å². The van der Waals surface area contributed by atoms with Crippen molar-refractivity contribution in [3.05, 3.63) is 46.8 Å². The quantitative estimate of drug-likeness (QED) is 0.783. The Morgan fingerprint density at radius 1 is 1.13 bits per heavy atom. The molecule has 0 saturated heterocycles. The standard InChI is InChI=1S/C16H12N2O3S2/c19-15(11-9-23-16(18-11)14-2-1-7-22-14)17-10-3-4-12-13(8-10)21-6-5-20-12/h1-4,7-9H,5-6H2,(H,17,19). The zero-order valence-corrected chi connectivity index (χ0v) is 13.6. The van der Waals surface area contributed by atoms with Gasteiger partial charge in [-0.15, -0.1) is 22.7 Å². The first-order valence-corrected chi connectivity index (χ1v) is 8.76. The summed E-state index contributed by atoms with van der Waals surface area (Å²) in [4.78, 5) is 17.8. The number of anilines is 1. The SMILES string of the molecule is O=C(Nc1ccc2c(c1)OCCO2)c1csc(-c2cccs2)n1. The van der Waals surface area contributed by atoms with E-state index >= 15 is 0 Å². The molecule has 0 radical (unpaired) electrons. The summed E-state index contributed by atoms with van der Waals surface area (Å²) in [5.41, 5.74) is 1.07. The Labute approximate surface area is 140 Å². The molecule has 1 aromatic carbocycles. The van der Waals surface area contributed by atoms with Gasteiger partial charge in [0.15, 0.2) is 11.5 Å². The molecule has 23 heavy (non-hydrogen) atoms. The van der Waals surface area contributed by atoms with Crippen molar-refractivity contribution in [1.29, 1.82) is 0 Å². The van der Waals surface area contributed by atoms with Crippen molar-refractivity contribution in [2.75, 3.05) is 18.5 Å². The molecule has 0 saturated carbocycles. The lowest BCUT2D eigenvalue weighted by Gasteiger charge is -2.18. The number of nitrogens with one attached hydrogen (secondary N) is 1. The molecule has 0 spiro atoms. The second-order valence-electron chi connectivity index (χ2n) is 4.83. The molecule has 116 valence electrons. The van der Waals surface area contributed by atoms with Crippen LogP contribution in [0.25, 0.3) is 9.88 Å². The fourth-order valence-corrected chi connectivity index (χ4v) is 3.82. The van der Waals surface area contributed by atoms with Crippen LogP contribution >= 0.6 is 22.7 Å². The van der Waals surface area contributed by atoms with Gasteiger partial charge in [-0.25, -0.2) is 4.98 Å². The number of rotatable bonds is 3. The van der Waals surface area contributed by atoms with Crippen molar-refractivity contribution >= 4 is 34.3 Å². The maximum Gasteiger partial charge on any atom is 0.275 e. The molecule has 1 amide bonds. The Kier molecular flexibility index (Phi) is 3.72. The Morgan fingerprint density at radius 3 is 2.83 bits per heavy atom. The molecule has 0 unspecified atom stereocenters. The summed E-state index contributed by atoms with van der Waals surface area (Å²) in [6.45, 7) is 1.06. The first kappa shape index (κ1) is 14.2. The number of nitrogens with zero attached hydrogens (tertiary/aromatic N) is 1. The lowest BCUT2D eigenvalue weighted by molar-refractivity contribution is 0.102. The van der Waals surface area contributed by atoms with E-state index in [1.807, 2.05) is 17.5 Å². The number of benzene rings is 1. The maximum atomic E-state index is 12.3. The maximum absolute atomic E-state index is 12.3. The van der Waals surface area contributed by atoms with Crippen LogP contribution in [0.15, 0.2) is 41.1 Å². The Hall–Kier alpha value is -2.38. The van der Waals surface area contributed by atoms with Crippen LogP contribution in [-0.4, -0.2) is 24.1 Å². The minimum atomic E-state index is -0.235. The third-order valence-corrected chi connectivity index (χ3v) is 5.15. The van der Waals surface area contributed by atoms with Crippen molar-refractivity contribution < 1.29 is 14.3 Å². The van der Waals surface area contributed by atoms with Crippen molar-refractivity contribution in [1.82, 2.24) is 4.98 Å². The number of thiophene rings is 1. The molecule has 0 bridgehead atoms. The van der Waals surface area contributed by atoms with E-state index in [9.17, 15) is 4.79 Å². The number of hydrogen-bond donors (Lipinski definition) is 1. The van der Waals surface area contributed by atoms with Crippen LogP contribution in [0.4, 0.5) is 5.69 Å². The lowest BCUT2D eigenvalue weighted by Crippen LogP contribution is -2.16. The molecule has 2 aromatic heterocycles. The number of amides is 1. The van der Waals surface area contributed by atoms with Gasteiger partial charge in [-0.1, -0.05) is 6.07 Å². The molecule has 1 aliphatic rings. The summed E-state index contributed by atoms with van der Waals surface area (Å²) < 4.78 is 11.0.